The number of nitrogens with one attached hydrogen (secondary N) is 1. The van der Waals surface area contributed by atoms with E-state index in [1.54, 1.807) is 6.92 Å². The van der Waals surface area contributed by atoms with Gasteiger partial charge in [-0.15, -0.1) is 11.6 Å². The Labute approximate surface area is 126 Å². The Bertz CT molecular complexity index is 740. The molecule has 0 radical (unpaired) electrons. The van der Waals surface area contributed by atoms with Crippen molar-refractivity contribution in [1.82, 2.24) is 9.88 Å². The van der Waals surface area contributed by atoms with E-state index in [1.807, 2.05) is 24.3 Å². The van der Waals surface area contributed by atoms with Crippen molar-refractivity contribution in [3.8, 4) is 0 Å². The third-order valence-corrected chi connectivity index (χ3v) is 4.49. The first-order valence-electron chi connectivity index (χ1n) is 6.70. The van der Waals surface area contributed by atoms with Crippen molar-refractivity contribution in [1.29, 1.82) is 0 Å². The average Bonchev–Trinajstić information content (AvgIpc) is 2.86. The number of aromatic amines is 1. The SMILES string of the molecule is CC1(C(=O)O)c2[nH]c3ccccc3c2CCN1C(=O)CCl. The van der Waals surface area contributed by atoms with E-state index in [-0.39, 0.29) is 11.8 Å². The minimum atomic E-state index is -1.42. The molecule has 0 saturated carbocycles. The van der Waals surface area contributed by atoms with Crippen LogP contribution >= 0.6 is 11.6 Å². The van der Waals surface area contributed by atoms with E-state index in [1.165, 1.54) is 4.90 Å². The Morgan fingerprint density at radius 3 is 2.81 bits per heavy atom. The maximum absolute atomic E-state index is 12.0. The molecule has 1 aromatic carbocycles. The van der Waals surface area contributed by atoms with Crippen molar-refractivity contribution in [3.05, 3.63) is 35.5 Å². The third kappa shape index (κ3) is 1.84. The fourth-order valence-electron chi connectivity index (χ4n) is 3.13. The van der Waals surface area contributed by atoms with Gasteiger partial charge in [0.05, 0.1) is 5.69 Å². The van der Waals surface area contributed by atoms with E-state index in [0.29, 0.717) is 18.7 Å². The lowest BCUT2D eigenvalue weighted by atomic mass is 9.86. The van der Waals surface area contributed by atoms with Gasteiger partial charge in [-0.05, 0) is 25.0 Å². The summed E-state index contributed by atoms with van der Waals surface area (Å²) in [6.45, 7) is 1.90. The number of hydrogen-bond donors (Lipinski definition) is 2. The summed E-state index contributed by atoms with van der Waals surface area (Å²) in [6, 6.07) is 7.69. The summed E-state index contributed by atoms with van der Waals surface area (Å²) in [5.74, 6) is -1.65. The van der Waals surface area contributed by atoms with Crippen LogP contribution < -0.4 is 0 Å². The molecular weight excluding hydrogens is 292 g/mol. The van der Waals surface area contributed by atoms with Crippen LogP contribution in [0.15, 0.2) is 24.3 Å². The van der Waals surface area contributed by atoms with Gasteiger partial charge in [0, 0.05) is 17.4 Å². The molecule has 1 unspecified atom stereocenters. The van der Waals surface area contributed by atoms with E-state index >= 15 is 0 Å². The van der Waals surface area contributed by atoms with Crippen molar-refractivity contribution in [2.24, 2.45) is 0 Å². The van der Waals surface area contributed by atoms with Gasteiger partial charge in [-0.1, -0.05) is 18.2 Å². The monoisotopic (exact) mass is 306 g/mol. The predicted molar refractivity (Wildman–Crippen MR) is 79.4 cm³/mol. The summed E-state index contributed by atoms with van der Waals surface area (Å²) in [5, 5.41) is 10.7. The molecule has 0 saturated heterocycles. The number of halogens is 1. The fraction of sp³-hybridized carbons (Fsp3) is 0.333. The number of rotatable bonds is 2. The maximum Gasteiger partial charge on any atom is 0.335 e. The molecule has 1 amide bonds. The van der Waals surface area contributed by atoms with Gasteiger partial charge in [0.25, 0.3) is 0 Å². The second-order valence-corrected chi connectivity index (χ2v) is 5.60. The minimum absolute atomic E-state index is 0.224. The normalized spacial score (nSPS) is 21.3. The topological polar surface area (TPSA) is 73.4 Å². The number of amides is 1. The number of H-pyrrole nitrogens is 1. The Hall–Kier alpha value is -2.01. The highest BCUT2D eigenvalue weighted by Crippen LogP contribution is 2.39. The second kappa shape index (κ2) is 4.77. The smallest absolute Gasteiger partial charge is 0.335 e. The Balaban J connectivity index is 2.25. The Kier molecular flexibility index (Phi) is 3.17. The molecular formula is C15H15ClN2O3. The molecule has 21 heavy (non-hydrogen) atoms. The van der Waals surface area contributed by atoms with E-state index in [0.717, 1.165) is 16.5 Å². The molecule has 0 fully saturated rings. The van der Waals surface area contributed by atoms with E-state index < -0.39 is 11.5 Å². The quantitative estimate of drug-likeness (QED) is 0.834. The van der Waals surface area contributed by atoms with Crippen LogP contribution in [0.4, 0.5) is 0 Å². The molecule has 110 valence electrons. The lowest BCUT2D eigenvalue weighted by Crippen LogP contribution is -2.56. The summed E-state index contributed by atoms with van der Waals surface area (Å²) in [6.07, 6.45) is 0.616. The number of carbonyl (C=O) groups excluding carboxylic acids is 1. The van der Waals surface area contributed by atoms with Gasteiger partial charge in [0.1, 0.15) is 5.88 Å². The highest BCUT2D eigenvalue weighted by atomic mass is 35.5. The molecule has 3 rings (SSSR count). The van der Waals surface area contributed by atoms with Crippen LogP contribution in [0.5, 0.6) is 0 Å². The fourth-order valence-corrected chi connectivity index (χ4v) is 3.27. The number of aromatic nitrogens is 1. The number of benzene rings is 1. The van der Waals surface area contributed by atoms with E-state index in [2.05, 4.69) is 4.98 Å². The number of nitrogens with zero attached hydrogens (tertiary/aromatic N) is 1. The third-order valence-electron chi connectivity index (χ3n) is 4.26. The molecule has 2 aromatic rings. The number of alkyl halides is 1. The first-order valence-corrected chi connectivity index (χ1v) is 7.23. The lowest BCUT2D eigenvalue weighted by Gasteiger charge is -2.41. The van der Waals surface area contributed by atoms with Crippen molar-refractivity contribution in [2.45, 2.75) is 18.9 Å². The number of aliphatic carboxylic acids is 1. The van der Waals surface area contributed by atoms with Gasteiger partial charge in [0.2, 0.25) is 5.91 Å². The van der Waals surface area contributed by atoms with Gasteiger partial charge < -0.3 is 15.0 Å². The first-order chi connectivity index (χ1) is 10.00. The number of hydrogen-bond acceptors (Lipinski definition) is 2. The molecule has 0 aliphatic carbocycles. The van der Waals surface area contributed by atoms with Gasteiger partial charge in [-0.2, -0.15) is 0 Å². The van der Waals surface area contributed by atoms with E-state index in [9.17, 15) is 14.7 Å². The number of carbonyl (C=O) groups is 2. The standard InChI is InChI=1S/C15H15ClN2O3/c1-15(14(20)21)13-10(6-7-18(15)12(19)8-16)9-4-2-3-5-11(9)17-13/h2-5,17H,6-8H2,1H3,(H,20,21). The zero-order chi connectivity index (χ0) is 15.2. The second-order valence-electron chi connectivity index (χ2n) is 5.33. The number of fused-ring (bicyclic) bond motifs is 3. The predicted octanol–water partition coefficient (Wildman–Crippen LogP) is 2.09. The highest BCUT2D eigenvalue weighted by Gasteiger charge is 2.48. The molecule has 0 bridgehead atoms. The summed E-state index contributed by atoms with van der Waals surface area (Å²) >= 11 is 5.63. The van der Waals surface area contributed by atoms with Crippen LogP contribution in [0.2, 0.25) is 0 Å². The molecule has 1 aromatic heterocycles. The van der Waals surface area contributed by atoms with Crippen molar-refractivity contribution < 1.29 is 14.7 Å². The zero-order valence-electron chi connectivity index (χ0n) is 11.5. The van der Waals surface area contributed by atoms with Crippen molar-refractivity contribution >= 4 is 34.4 Å². The molecule has 1 aliphatic rings. The molecule has 2 heterocycles. The Morgan fingerprint density at radius 1 is 1.43 bits per heavy atom. The molecule has 6 heteroatoms. The summed E-state index contributed by atoms with van der Waals surface area (Å²) in [4.78, 5) is 28.4. The van der Waals surface area contributed by atoms with Crippen molar-refractivity contribution in [3.63, 3.8) is 0 Å². The molecule has 1 atom stereocenters. The molecule has 5 nitrogen and oxygen atoms in total. The Morgan fingerprint density at radius 2 is 2.14 bits per heavy atom. The van der Waals surface area contributed by atoms with Crippen LogP contribution in [-0.4, -0.2) is 39.3 Å². The zero-order valence-corrected chi connectivity index (χ0v) is 12.3. The summed E-state index contributed by atoms with van der Waals surface area (Å²) < 4.78 is 0. The maximum atomic E-state index is 12.0. The van der Waals surface area contributed by atoms with Gasteiger partial charge >= 0.3 is 5.97 Å². The molecule has 2 N–H and O–H groups in total. The summed E-state index contributed by atoms with van der Waals surface area (Å²) in [7, 11) is 0. The minimum Gasteiger partial charge on any atom is -0.479 e. The number of carboxylic acid groups (broad SMARTS) is 1. The summed E-state index contributed by atoms with van der Waals surface area (Å²) in [5.41, 5.74) is 1.00. The van der Waals surface area contributed by atoms with Crippen LogP contribution in [0.1, 0.15) is 18.2 Å². The van der Waals surface area contributed by atoms with Crippen LogP contribution in [0.3, 0.4) is 0 Å². The van der Waals surface area contributed by atoms with Crippen LogP contribution in [-0.2, 0) is 21.5 Å². The van der Waals surface area contributed by atoms with Gasteiger partial charge in [0.15, 0.2) is 5.54 Å². The number of carboxylic acids is 1. The van der Waals surface area contributed by atoms with Gasteiger partial charge in [-0.25, -0.2) is 4.79 Å². The van der Waals surface area contributed by atoms with Gasteiger partial charge in [-0.3, -0.25) is 4.79 Å². The van der Waals surface area contributed by atoms with Crippen LogP contribution in [0, 0.1) is 0 Å². The largest absolute Gasteiger partial charge is 0.479 e. The highest BCUT2D eigenvalue weighted by molar-refractivity contribution is 6.27. The van der Waals surface area contributed by atoms with E-state index in [4.69, 9.17) is 11.6 Å². The first kappa shape index (κ1) is 13.9. The van der Waals surface area contributed by atoms with Crippen molar-refractivity contribution in [2.75, 3.05) is 12.4 Å². The molecule has 0 spiro atoms. The lowest BCUT2D eigenvalue weighted by molar-refractivity contribution is -0.159. The van der Waals surface area contributed by atoms with Crippen LogP contribution in [0.25, 0.3) is 10.9 Å². The average molecular weight is 307 g/mol. The molecule has 1 aliphatic heterocycles. The number of para-hydroxylation sites is 1.